The molecule has 1 saturated heterocycles. The standard InChI is InChI=1S/C15H22FNO4S/c1-12-5-6-13(16)10-15(12)22(18,19)17-7-3-8-20-11-14-4-2-9-21-14/h5-6,10,14,17H,2-4,7-9,11H2,1H3. The van der Waals surface area contributed by atoms with E-state index in [2.05, 4.69) is 4.72 Å². The van der Waals surface area contributed by atoms with Crippen LogP contribution in [0.1, 0.15) is 24.8 Å². The topological polar surface area (TPSA) is 64.6 Å². The van der Waals surface area contributed by atoms with Gasteiger partial charge in [0.2, 0.25) is 10.0 Å². The molecule has 1 aliphatic heterocycles. The molecule has 1 heterocycles. The van der Waals surface area contributed by atoms with Gasteiger partial charge in [0.05, 0.1) is 17.6 Å². The Balaban J connectivity index is 1.72. The Kier molecular flexibility index (Phi) is 6.31. The van der Waals surface area contributed by atoms with E-state index >= 15 is 0 Å². The van der Waals surface area contributed by atoms with Gasteiger partial charge in [0.1, 0.15) is 5.82 Å². The molecule has 5 nitrogen and oxygen atoms in total. The molecule has 1 unspecified atom stereocenters. The second-order valence-corrected chi connectivity index (χ2v) is 7.11. The molecule has 1 atom stereocenters. The Morgan fingerprint density at radius 1 is 1.45 bits per heavy atom. The Hall–Kier alpha value is -1.02. The van der Waals surface area contributed by atoms with Crippen molar-refractivity contribution in [3.05, 3.63) is 29.6 Å². The Morgan fingerprint density at radius 3 is 3.00 bits per heavy atom. The number of benzene rings is 1. The minimum absolute atomic E-state index is 0.0206. The predicted molar refractivity (Wildman–Crippen MR) is 80.7 cm³/mol. The molecule has 0 aliphatic carbocycles. The summed E-state index contributed by atoms with van der Waals surface area (Å²) in [6.07, 6.45) is 2.82. The molecule has 0 spiro atoms. The van der Waals surface area contributed by atoms with Crippen molar-refractivity contribution in [2.75, 3.05) is 26.4 Å². The van der Waals surface area contributed by atoms with Gasteiger partial charge in [-0.3, -0.25) is 0 Å². The molecule has 1 aliphatic rings. The predicted octanol–water partition coefficient (Wildman–Crippen LogP) is 2.00. The molecule has 0 bridgehead atoms. The van der Waals surface area contributed by atoms with Crippen molar-refractivity contribution in [1.29, 1.82) is 0 Å². The number of sulfonamides is 1. The lowest BCUT2D eigenvalue weighted by Gasteiger charge is -2.11. The van der Waals surface area contributed by atoms with Crippen LogP contribution in [-0.2, 0) is 19.5 Å². The molecule has 0 saturated carbocycles. The number of hydrogen-bond acceptors (Lipinski definition) is 4. The fourth-order valence-corrected chi connectivity index (χ4v) is 3.64. The van der Waals surface area contributed by atoms with Crippen LogP contribution in [0.4, 0.5) is 4.39 Å². The second kappa shape index (κ2) is 8.01. The molecule has 7 heteroatoms. The van der Waals surface area contributed by atoms with Gasteiger partial charge in [-0.1, -0.05) is 6.07 Å². The van der Waals surface area contributed by atoms with Crippen LogP contribution in [0.25, 0.3) is 0 Å². The first-order valence-corrected chi connectivity index (χ1v) is 8.92. The lowest BCUT2D eigenvalue weighted by molar-refractivity contribution is 0.0169. The summed E-state index contributed by atoms with van der Waals surface area (Å²) in [6.45, 7) is 3.70. The first-order valence-electron chi connectivity index (χ1n) is 7.44. The Labute approximate surface area is 130 Å². The van der Waals surface area contributed by atoms with Crippen LogP contribution in [-0.4, -0.2) is 40.9 Å². The molecule has 22 heavy (non-hydrogen) atoms. The van der Waals surface area contributed by atoms with Gasteiger partial charge in [-0.2, -0.15) is 0 Å². The Bertz CT molecular complexity index is 585. The molecule has 1 fully saturated rings. The largest absolute Gasteiger partial charge is 0.379 e. The summed E-state index contributed by atoms with van der Waals surface area (Å²) < 4.78 is 50.8. The zero-order valence-corrected chi connectivity index (χ0v) is 13.5. The van der Waals surface area contributed by atoms with Gasteiger partial charge in [-0.05, 0) is 43.9 Å². The van der Waals surface area contributed by atoms with E-state index in [9.17, 15) is 12.8 Å². The molecule has 124 valence electrons. The van der Waals surface area contributed by atoms with Crippen LogP contribution in [0.3, 0.4) is 0 Å². The maximum Gasteiger partial charge on any atom is 0.240 e. The van der Waals surface area contributed by atoms with Crippen LogP contribution >= 0.6 is 0 Å². The highest BCUT2D eigenvalue weighted by Crippen LogP contribution is 2.16. The SMILES string of the molecule is Cc1ccc(F)cc1S(=O)(=O)NCCCOCC1CCCO1. The van der Waals surface area contributed by atoms with Crippen LogP contribution in [0.2, 0.25) is 0 Å². The number of rotatable bonds is 8. The monoisotopic (exact) mass is 331 g/mol. The second-order valence-electron chi connectivity index (χ2n) is 5.37. The van der Waals surface area contributed by atoms with Crippen molar-refractivity contribution < 1.29 is 22.3 Å². The van der Waals surface area contributed by atoms with Gasteiger partial charge in [0.25, 0.3) is 0 Å². The van der Waals surface area contributed by atoms with Crippen molar-refractivity contribution in [2.45, 2.75) is 37.2 Å². The van der Waals surface area contributed by atoms with E-state index in [1.807, 2.05) is 0 Å². The van der Waals surface area contributed by atoms with Crippen LogP contribution in [0, 0.1) is 12.7 Å². The average molecular weight is 331 g/mol. The highest BCUT2D eigenvalue weighted by atomic mass is 32.2. The lowest BCUT2D eigenvalue weighted by atomic mass is 10.2. The van der Waals surface area contributed by atoms with E-state index in [0.717, 1.165) is 25.5 Å². The van der Waals surface area contributed by atoms with E-state index in [1.165, 1.54) is 12.1 Å². The van der Waals surface area contributed by atoms with Crippen molar-refractivity contribution >= 4 is 10.0 Å². The highest BCUT2D eigenvalue weighted by Gasteiger charge is 2.17. The van der Waals surface area contributed by atoms with E-state index in [0.29, 0.717) is 25.2 Å². The lowest BCUT2D eigenvalue weighted by Crippen LogP contribution is -2.26. The maximum absolute atomic E-state index is 13.2. The highest BCUT2D eigenvalue weighted by molar-refractivity contribution is 7.89. The van der Waals surface area contributed by atoms with Crippen molar-refractivity contribution in [3.63, 3.8) is 0 Å². The zero-order chi connectivity index (χ0) is 16.0. The minimum atomic E-state index is -3.69. The van der Waals surface area contributed by atoms with E-state index in [1.54, 1.807) is 6.92 Å². The fourth-order valence-electron chi connectivity index (χ4n) is 2.31. The smallest absolute Gasteiger partial charge is 0.240 e. The van der Waals surface area contributed by atoms with E-state index < -0.39 is 15.8 Å². The van der Waals surface area contributed by atoms with Crippen LogP contribution < -0.4 is 4.72 Å². The molecule has 2 rings (SSSR count). The first-order chi connectivity index (χ1) is 10.5. The summed E-state index contributed by atoms with van der Waals surface area (Å²) in [7, 11) is -3.69. The number of hydrogen-bond donors (Lipinski definition) is 1. The maximum atomic E-state index is 13.2. The molecule has 0 radical (unpaired) electrons. The van der Waals surface area contributed by atoms with Gasteiger partial charge < -0.3 is 9.47 Å². The van der Waals surface area contributed by atoms with E-state index in [-0.39, 0.29) is 17.5 Å². The molecule has 0 aromatic heterocycles. The van der Waals surface area contributed by atoms with Crippen molar-refractivity contribution in [3.8, 4) is 0 Å². The Morgan fingerprint density at radius 2 is 2.27 bits per heavy atom. The zero-order valence-electron chi connectivity index (χ0n) is 12.7. The summed E-state index contributed by atoms with van der Waals surface area (Å²) in [5, 5.41) is 0. The summed E-state index contributed by atoms with van der Waals surface area (Å²) in [5.74, 6) is -0.564. The number of ether oxygens (including phenoxy) is 2. The van der Waals surface area contributed by atoms with Crippen molar-refractivity contribution in [1.82, 2.24) is 4.72 Å². The van der Waals surface area contributed by atoms with Gasteiger partial charge in [0, 0.05) is 19.8 Å². The number of halogens is 1. The van der Waals surface area contributed by atoms with Crippen LogP contribution in [0.5, 0.6) is 0 Å². The quantitative estimate of drug-likeness (QED) is 0.740. The third-order valence-electron chi connectivity index (χ3n) is 3.52. The molecule has 1 aromatic carbocycles. The number of aryl methyl sites for hydroxylation is 1. The number of nitrogens with one attached hydrogen (secondary N) is 1. The van der Waals surface area contributed by atoms with Crippen LogP contribution in [0.15, 0.2) is 23.1 Å². The normalized spacial score (nSPS) is 18.7. The third kappa shape index (κ3) is 5.01. The molecular formula is C15H22FNO4S. The first kappa shape index (κ1) is 17.3. The average Bonchev–Trinajstić information content (AvgIpc) is 2.98. The summed E-state index contributed by atoms with van der Waals surface area (Å²) in [4.78, 5) is -0.0206. The summed E-state index contributed by atoms with van der Waals surface area (Å²) >= 11 is 0. The van der Waals surface area contributed by atoms with Crippen molar-refractivity contribution in [2.24, 2.45) is 0 Å². The molecule has 1 aromatic rings. The van der Waals surface area contributed by atoms with Gasteiger partial charge in [-0.15, -0.1) is 0 Å². The summed E-state index contributed by atoms with van der Waals surface area (Å²) in [5.41, 5.74) is 0.517. The molecule has 0 amide bonds. The molecule has 1 N–H and O–H groups in total. The minimum Gasteiger partial charge on any atom is -0.379 e. The summed E-state index contributed by atoms with van der Waals surface area (Å²) in [6, 6.07) is 3.73. The van der Waals surface area contributed by atoms with Gasteiger partial charge in [-0.25, -0.2) is 17.5 Å². The fraction of sp³-hybridized carbons (Fsp3) is 0.600. The third-order valence-corrected chi connectivity index (χ3v) is 5.13. The molecular weight excluding hydrogens is 309 g/mol. The van der Waals surface area contributed by atoms with Gasteiger partial charge in [0.15, 0.2) is 0 Å². The van der Waals surface area contributed by atoms with Gasteiger partial charge >= 0.3 is 0 Å². The van der Waals surface area contributed by atoms with E-state index in [4.69, 9.17) is 9.47 Å².